The van der Waals surface area contributed by atoms with Crippen LogP contribution in [0, 0.1) is 0 Å². The fourth-order valence-electron chi connectivity index (χ4n) is 2.64. The molecule has 2 rings (SSSR count). The lowest BCUT2D eigenvalue weighted by Crippen LogP contribution is -2.28. The molecule has 0 saturated carbocycles. The van der Waals surface area contributed by atoms with Gasteiger partial charge in [-0.2, -0.15) is 0 Å². The first-order valence-electron chi connectivity index (χ1n) is 7.52. The first-order chi connectivity index (χ1) is 9.78. The minimum atomic E-state index is 0.403. The summed E-state index contributed by atoms with van der Waals surface area (Å²) in [6.07, 6.45) is 2.97. The van der Waals surface area contributed by atoms with Crippen LogP contribution in [0.15, 0.2) is 36.5 Å². The van der Waals surface area contributed by atoms with Crippen molar-refractivity contribution in [3.8, 4) is 0 Å². The molecule has 0 fully saturated rings. The summed E-state index contributed by atoms with van der Waals surface area (Å²) in [6, 6.07) is 11.1. The van der Waals surface area contributed by atoms with Crippen LogP contribution in [-0.4, -0.2) is 36.6 Å². The second-order valence-corrected chi connectivity index (χ2v) is 5.11. The zero-order chi connectivity index (χ0) is 14.4. The van der Waals surface area contributed by atoms with Crippen molar-refractivity contribution in [1.29, 1.82) is 0 Å². The van der Waals surface area contributed by atoms with Crippen LogP contribution in [0.25, 0.3) is 10.9 Å². The van der Waals surface area contributed by atoms with Gasteiger partial charge in [0, 0.05) is 17.6 Å². The van der Waals surface area contributed by atoms with Gasteiger partial charge < -0.3 is 10.2 Å². The average molecular weight is 271 g/mol. The van der Waals surface area contributed by atoms with E-state index in [0.717, 1.165) is 31.6 Å². The van der Waals surface area contributed by atoms with Crippen LogP contribution < -0.4 is 5.32 Å². The first kappa shape index (κ1) is 14.9. The van der Waals surface area contributed by atoms with E-state index in [-0.39, 0.29) is 0 Å². The molecule has 1 aromatic heterocycles. The maximum absolute atomic E-state index is 4.38. The summed E-state index contributed by atoms with van der Waals surface area (Å²) in [5, 5.41) is 4.66. The van der Waals surface area contributed by atoms with Crippen LogP contribution in [-0.2, 0) is 0 Å². The van der Waals surface area contributed by atoms with Gasteiger partial charge in [-0.05, 0) is 56.9 Å². The molecule has 0 aliphatic carbocycles. The average Bonchev–Trinajstić information content (AvgIpc) is 2.51. The van der Waals surface area contributed by atoms with Gasteiger partial charge in [-0.25, -0.2) is 0 Å². The number of rotatable bonds is 7. The number of aromatic nitrogens is 1. The van der Waals surface area contributed by atoms with Crippen molar-refractivity contribution in [1.82, 2.24) is 15.2 Å². The van der Waals surface area contributed by atoms with Gasteiger partial charge in [-0.3, -0.25) is 4.98 Å². The number of nitrogens with one attached hydrogen (secondary N) is 1. The first-order valence-corrected chi connectivity index (χ1v) is 7.52. The van der Waals surface area contributed by atoms with E-state index < -0.39 is 0 Å². The van der Waals surface area contributed by atoms with Crippen molar-refractivity contribution in [2.45, 2.75) is 26.3 Å². The lowest BCUT2D eigenvalue weighted by atomic mass is 10.0. The minimum Gasteiger partial charge on any atom is -0.313 e. The number of nitrogens with zero attached hydrogens (tertiary/aromatic N) is 2. The lowest BCUT2D eigenvalue weighted by Gasteiger charge is -2.23. The van der Waals surface area contributed by atoms with Crippen LogP contribution in [0.3, 0.4) is 0 Å². The van der Waals surface area contributed by atoms with Crippen molar-refractivity contribution in [3.05, 3.63) is 42.1 Å². The molecule has 0 aliphatic rings. The summed E-state index contributed by atoms with van der Waals surface area (Å²) in [5.74, 6) is 0. The molecule has 3 heteroatoms. The molecule has 1 atom stereocenters. The Morgan fingerprint density at radius 1 is 1.20 bits per heavy atom. The van der Waals surface area contributed by atoms with E-state index in [1.54, 1.807) is 0 Å². The minimum absolute atomic E-state index is 0.403. The van der Waals surface area contributed by atoms with Gasteiger partial charge >= 0.3 is 0 Å². The third kappa shape index (κ3) is 3.56. The number of benzene rings is 1. The predicted molar refractivity (Wildman–Crippen MR) is 85.9 cm³/mol. The van der Waals surface area contributed by atoms with E-state index >= 15 is 0 Å². The number of pyridine rings is 1. The fourth-order valence-corrected chi connectivity index (χ4v) is 2.64. The molecule has 20 heavy (non-hydrogen) atoms. The van der Waals surface area contributed by atoms with E-state index in [9.17, 15) is 0 Å². The van der Waals surface area contributed by atoms with E-state index in [0.29, 0.717) is 6.04 Å². The Morgan fingerprint density at radius 3 is 2.70 bits per heavy atom. The fraction of sp³-hybridized carbons (Fsp3) is 0.471. The van der Waals surface area contributed by atoms with Gasteiger partial charge in [0.15, 0.2) is 0 Å². The molecule has 1 aromatic carbocycles. The van der Waals surface area contributed by atoms with Crippen LogP contribution in [0.2, 0.25) is 0 Å². The highest BCUT2D eigenvalue weighted by Gasteiger charge is 2.11. The largest absolute Gasteiger partial charge is 0.313 e. The quantitative estimate of drug-likeness (QED) is 0.838. The van der Waals surface area contributed by atoms with Crippen molar-refractivity contribution >= 4 is 10.9 Å². The molecule has 0 saturated heterocycles. The third-order valence-electron chi connectivity index (χ3n) is 4.01. The summed E-state index contributed by atoms with van der Waals surface area (Å²) in [7, 11) is 2.04. The van der Waals surface area contributed by atoms with Crippen LogP contribution >= 0.6 is 0 Å². The molecule has 2 aromatic rings. The molecule has 1 heterocycles. The monoisotopic (exact) mass is 271 g/mol. The van der Waals surface area contributed by atoms with Gasteiger partial charge in [0.05, 0.1) is 5.52 Å². The molecule has 0 bridgehead atoms. The number of hydrogen-bond donors (Lipinski definition) is 1. The third-order valence-corrected chi connectivity index (χ3v) is 4.01. The normalized spacial score (nSPS) is 13.0. The topological polar surface area (TPSA) is 28.2 Å². The maximum Gasteiger partial charge on any atom is 0.0702 e. The highest BCUT2D eigenvalue weighted by Crippen LogP contribution is 2.21. The Hall–Kier alpha value is -1.45. The summed E-state index contributed by atoms with van der Waals surface area (Å²) in [4.78, 5) is 6.84. The molecular formula is C17H25N3. The SMILES string of the molecule is CCN(CC)CCC(NC)c1ccc2ncccc2c1. The van der Waals surface area contributed by atoms with E-state index in [2.05, 4.69) is 53.3 Å². The van der Waals surface area contributed by atoms with E-state index in [1.807, 2.05) is 19.3 Å². The van der Waals surface area contributed by atoms with Gasteiger partial charge in [0.1, 0.15) is 0 Å². The number of hydrogen-bond acceptors (Lipinski definition) is 3. The van der Waals surface area contributed by atoms with Gasteiger partial charge in [-0.1, -0.05) is 26.0 Å². The predicted octanol–water partition coefficient (Wildman–Crippen LogP) is 3.23. The molecule has 1 N–H and O–H groups in total. The maximum atomic E-state index is 4.38. The second kappa shape index (κ2) is 7.36. The van der Waals surface area contributed by atoms with Gasteiger partial charge in [0.2, 0.25) is 0 Å². The van der Waals surface area contributed by atoms with Crippen molar-refractivity contribution in [2.75, 3.05) is 26.7 Å². The highest BCUT2D eigenvalue weighted by molar-refractivity contribution is 5.79. The summed E-state index contributed by atoms with van der Waals surface area (Å²) in [6.45, 7) is 7.81. The van der Waals surface area contributed by atoms with Crippen molar-refractivity contribution in [3.63, 3.8) is 0 Å². The number of fused-ring (bicyclic) bond motifs is 1. The van der Waals surface area contributed by atoms with Crippen LogP contribution in [0.5, 0.6) is 0 Å². The zero-order valence-electron chi connectivity index (χ0n) is 12.8. The Labute approximate surface area is 122 Å². The van der Waals surface area contributed by atoms with Gasteiger partial charge in [0.25, 0.3) is 0 Å². The summed E-state index contributed by atoms with van der Waals surface area (Å²) >= 11 is 0. The van der Waals surface area contributed by atoms with E-state index in [4.69, 9.17) is 0 Å². The standard InChI is InChI=1S/C17H25N3/c1-4-20(5-2)12-10-16(18-3)15-8-9-17-14(13-15)7-6-11-19-17/h6-9,11,13,16,18H,4-5,10,12H2,1-3H3. The molecule has 1 unspecified atom stereocenters. The molecule has 0 amide bonds. The van der Waals surface area contributed by atoms with Crippen LogP contribution in [0.1, 0.15) is 31.9 Å². The summed E-state index contributed by atoms with van der Waals surface area (Å²) in [5.41, 5.74) is 2.41. The Morgan fingerprint density at radius 2 is 2.00 bits per heavy atom. The lowest BCUT2D eigenvalue weighted by molar-refractivity contribution is 0.284. The van der Waals surface area contributed by atoms with Crippen molar-refractivity contribution in [2.24, 2.45) is 0 Å². The molecule has 0 aliphatic heterocycles. The molecule has 0 spiro atoms. The summed E-state index contributed by atoms with van der Waals surface area (Å²) < 4.78 is 0. The Kier molecular flexibility index (Phi) is 5.50. The zero-order valence-corrected chi connectivity index (χ0v) is 12.8. The van der Waals surface area contributed by atoms with Gasteiger partial charge in [-0.15, -0.1) is 0 Å². The van der Waals surface area contributed by atoms with Crippen molar-refractivity contribution < 1.29 is 0 Å². The smallest absolute Gasteiger partial charge is 0.0702 e. The highest BCUT2D eigenvalue weighted by atomic mass is 15.1. The Bertz CT molecular complexity index is 535. The molecule has 3 nitrogen and oxygen atoms in total. The molecule has 0 radical (unpaired) electrons. The second-order valence-electron chi connectivity index (χ2n) is 5.11. The van der Waals surface area contributed by atoms with E-state index in [1.165, 1.54) is 10.9 Å². The molecular weight excluding hydrogens is 246 g/mol. The Balaban J connectivity index is 2.12. The molecule has 108 valence electrons. The van der Waals surface area contributed by atoms with Crippen LogP contribution in [0.4, 0.5) is 0 Å².